The summed E-state index contributed by atoms with van der Waals surface area (Å²) in [5.74, 6) is -2.18. The molecule has 2 aromatic carbocycles. The molecule has 0 spiro atoms. The molecule has 0 bridgehead atoms. The van der Waals surface area contributed by atoms with Gasteiger partial charge >= 0.3 is 12.1 Å². The van der Waals surface area contributed by atoms with E-state index >= 15 is 0 Å². The fourth-order valence-electron chi connectivity index (χ4n) is 2.22. The lowest BCUT2D eigenvalue weighted by Crippen LogP contribution is -2.47. The number of nitrogens with one attached hydrogen (secondary N) is 1. The number of rotatable bonds is 4. The van der Waals surface area contributed by atoms with Crippen molar-refractivity contribution in [2.24, 2.45) is 0 Å². The maximum atomic E-state index is 12.4. The Morgan fingerprint density at radius 2 is 1.33 bits per heavy atom. The Kier molecular flexibility index (Phi) is 4.78. The molecule has 1 N–H and O–H groups in total. The Labute approximate surface area is 137 Å². The van der Waals surface area contributed by atoms with E-state index in [1.54, 1.807) is 30.3 Å². The summed E-state index contributed by atoms with van der Waals surface area (Å²) in [5.41, 5.74) is 0.184. The van der Waals surface area contributed by atoms with Crippen molar-refractivity contribution in [3.8, 4) is 0 Å². The Balaban J connectivity index is 2.19. The molecule has 0 fully saturated rings. The van der Waals surface area contributed by atoms with Crippen LogP contribution in [0.1, 0.15) is 35.3 Å². The summed E-state index contributed by atoms with van der Waals surface area (Å²) in [5, 5.41) is 1.94. The Morgan fingerprint density at radius 1 is 0.833 bits per heavy atom. The summed E-state index contributed by atoms with van der Waals surface area (Å²) in [7, 11) is 0. The van der Waals surface area contributed by atoms with Crippen LogP contribution in [-0.4, -0.2) is 17.9 Å². The monoisotopic (exact) mass is 335 g/mol. The lowest BCUT2D eigenvalue weighted by molar-refractivity contribution is -0.175. The number of carbonyl (C=O) groups excluding carboxylic acids is 2. The quantitative estimate of drug-likeness (QED) is 0.863. The number of carbonyl (C=O) groups is 2. The molecule has 1 amide bonds. The second-order valence-electron chi connectivity index (χ2n) is 5.85. The van der Waals surface area contributed by atoms with E-state index < -0.39 is 17.6 Å². The highest BCUT2D eigenvalue weighted by Crippen LogP contribution is 2.24. The number of hydrogen-bond donors (Lipinski definition) is 1. The van der Waals surface area contributed by atoms with Crippen molar-refractivity contribution in [1.82, 2.24) is 5.32 Å². The molecule has 0 aliphatic heterocycles. The van der Waals surface area contributed by atoms with Crippen LogP contribution in [0.3, 0.4) is 0 Å². The van der Waals surface area contributed by atoms with Crippen LogP contribution >= 0.6 is 0 Å². The summed E-state index contributed by atoms with van der Waals surface area (Å²) in [6.07, 6.45) is -4.94. The zero-order chi connectivity index (χ0) is 18.0. The van der Waals surface area contributed by atoms with Crippen molar-refractivity contribution in [3.63, 3.8) is 0 Å². The van der Waals surface area contributed by atoms with Gasteiger partial charge < -0.3 is 5.32 Å². The summed E-state index contributed by atoms with van der Waals surface area (Å²) >= 11 is 0. The van der Waals surface area contributed by atoms with E-state index in [9.17, 15) is 22.8 Å². The molecule has 0 aromatic heterocycles. The maximum Gasteiger partial charge on any atom is 0.471 e. The van der Waals surface area contributed by atoms with Crippen LogP contribution in [0.5, 0.6) is 0 Å². The molecule has 0 aliphatic rings. The highest BCUT2D eigenvalue weighted by atomic mass is 19.4. The van der Waals surface area contributed by atoms with E-state index in [0.29, 0.717) is 16.7 Å². The second-order valence-corrected chi connectivity index (χ2v) is 5.85. The molecule has 0 heterocycles. The smallest absolute Gasteiger partial charge is 0.339 e. The molecule has 126 valence electrons. The van der Waals surface area contributed by atoms with Crippen molar-refractivity contribution in [2.45, 2.75) is 25.6 Å². The number of halogens is 3. The minimum atomic E-state index is -4.94. The van der Waals surface area contributed by atoms with Crippen molar-refractivity contribution in [2.75, 3.05) is 0 Å². The molecule has 0 aliphatic carbocycles. The third-order valence-corrected chi connectivity index (χ3v) is 3.59. The van der Waals surface area contributed by atoms with Gasteiger partial charge in [-0.15, -0.1) is 0 Å². The van der Waals surface area contributed by atoms with Gasteiger partial charge in [-0.25, -0.2) is 0 Å². The molecule has 24 heavy (non-hydrogen) atoms. The molecule has 6 heteroatoms. The van der Waals surface area contributed by atoms with Gasteiger partial charge in [0.1, 0.15) is 0 Å². The summed E-state index contributed by atoms with van der Waals surface area (Å²) in [6, 6.07) is 14.8. The predicted octanol–water partition coefficient (Wildman–Crippen LogP) is 3.83. The SMILES string of the molecule is CC(C)(NC(=O)C(F)(F)F)c1ccc(C(=O)c2ccccc2)cc1. The van der Waals surface area contributed by atoms with Gasteiger partial charge in [0, 0.05) is 11.1 Å². The van der Waals surface area contributed by atoms with Gasteiger partial charge in [-0.2, -0.15) is 13.2 Å². The van der Waals surface area contributed by atoms with Crippen LogP contribution in [0.4, 0.5) is 13.2 Å². The molecule has 0 radical (unpaired) electrons. The Morgan fingerprint density at radius 3 is 1.83 bits per heavy atom. The van der Waals surface area contributed by atoms with Crippen molar-refractivity contribution in [1.29, 1.82) is 0 Å². The lowest BCUT2D eigenvalue weighted by atomic mass is 9.92. The van der Waals surface area contributed by atoms with Crippen LogP contribution in [0.25, 0.3) is 0 Å². The van der Waals surface area contributed by atoms with E-state index in [2.05, 4.69) is 0 Å². The Hall–Kier alpha value is -2.63. The average molecular weight is 335 g/mol. The van der Waals surface area contributed by atoms with Crippen LogP contribution in [-0.2, 0) is 10.3 Å². The summed E-state index contributed by atoms with van der Waals surface area (Å²) in [4.78, 5) is 23.4. The molecular weight excluding hydrogens is 319 g/mol. The van der Waals surface area contributed by atoms with Gasteiger partial charge in [-0.05, 0) is 19.4 Å². The maximum absolute atomic E-state index is 12.4. The first-order valence-corrected chi connectivity index (χ1v) is 7.21. The van der Waals surface area contributed by atoms with E-state index in [1.807, 2.05) is 5.32 Å². The summed E-state index contributed by atoms with van der Waals surface area (Å²) < 4.78 is 37.2. The minimum absolute atomic E-state index is 0.181. The van der Waals surface area contributed by atoms with Gasteiger partial charge in [0.25, 0.3) is 0 Å². The molecule has 0 unspecified atom stereocenters. The number of amides is 1. The van der Waals surface area contributed by atoms with Crippen molar-refractivity contribution >= 4 is 11.7 Å². The molecule has 0 saturated carbocycles. The van der Waals surface area contributed by atoms with Crippen LogP contribution in [0.15, 0.2) is 54.6 Å². The van der Waals surface area contributed by atoms with E-state index in [4.69, 9.17) is 0 Å². The topological polar surface area (TPSA) is 46.2 Å². The van der Waals surface area contributed by atoms with Crippen molar-refractivity contribution < 1.29 is 22.8 Å². The largest absolute Gasteiger partial charge is 0.471 e. The number of benzene rings is 2. The third kappa shape index (κ3) is 4.01. The van der Waals surface area contributed by atoms with Crippen molar-refractivity contribution in [3.05, 3.63) is 71.3 Å². The van der Waals surface area contributed by atoms with Crippen LogP contribution in [0, 0.1) is 0 Å². The fraction of sp³-hybridized carbons (Fsp3) is 0.222. The van der Waals surface area contributed by atoms with E-state index in [1.165, 1.54) is 38.1 Å². The van der Waals surface area contributed by atoms with Crippen LogP contribution < -0.4 is 5.32 Å². The lowest BCUT2D eigenvalue weighted by Gasteiger charge is -2.27. The molecule has 0 atom stereocenters. The molecule has 2 aromatic rings. The molecule has 0 saturated heterocycles. The average Bonchev–Trinajstić information content (AvgIpc) is 2.54. The van der Waals surface area contributed by atoms with Gasteiger partial charge in [0.15, 0.2) is 5.78 Å². The molecule has 2 rings (SSSR count). The summed E-state index contributed by atoms with van der Waals surface area (Å²) in [6.45, 7) is 2.93. The zero-order valence-corrected chi connectivity index (χ0v) is 13.1. The molecule has 3 nitrogen and oxygen atoms in total. The third-order valence-electron chi connectivity index (χ3n) is 3.59. The highest BCUT2D eigenvalue weighted by molar-refractivity contribution is 6.08. The van der Waals surface area contributed by atoms with E-state index in [0.717, 1.165) is 0 Å². The van der Waals surface area contributed by atoms with Gasteiger partial charge in [-0.1, -0.05) is 54.6 Å². The number of ketones is 1. The normalized spacial score (nSPS) is 11.9. The Bertz CT molecular complexity index is 735. The fourth-order valence-corrected chi connectivity index (χ4v) is 2.22. The number of hydrogen-bond acceptors (Lipinski definition) is 2. The predicted molar refractivity (Wildman–Crippen MR) is 83.5 cm³/mol. The van der Waals surface area contributed by atoms with Gasteiger partial charge in [0.2, 0.25) is 0 Å². The second kappa shape index (κ2) is 6.47. The van der Waals surface area contributed by atoms with Gasteiger partial charge in [-0.3, -0.25) is 9.59 Å². The van der Waals surface area contributed by atoms with Crippen LogP contribution in [0.2, 0.25) is 0 Å². The van der Waals surface area contributed by atoms with Gasteiger partial charge in [0.05, 0.1) is 5.54 Å². The minimum Gasteiger partial charge on any atom is -0.339 e. The number of alkyl halides is 3. The first kappa shape index (κ1) is 17.7. The first-order chi connectivity index (χ1) is 11.1. The van der Waals surface area contributed by atoms with E-state index in [-0.39, 0.29) is 5.78 Å². The highest BCUT2D eigenvalue weighted by Gasteiger charge is 2.41. The first-order valence-electron chi connectivity index (χ1n) is 7.21. The standard InChI is InChI=1S/C18H16F3NO2/c1-17(2,22-16(24)18(19,20)21)14-10-8-13(9-11-14)15(23)12-6-4-3-5-7-12/h3-11H,1-2H3,(H,22,24). The molecular formula is C18H16F3NO2. The zero-order valence-electron chi connectivity index (χ0n) is 13.1.